The predicted molar refractivity (Wildman–Crippen MR) is 51.2 cm³/mol. The Labute approximate surface area is 78.5 Å². The first-order chi connectivity index (χ1) is 6.12. The standard InChI is InChI=1S/C11H14O2/c1-4-8-6-5-7-9-10(8)13-11(2,3)12-9/h5-7H,4H2,1-3H3. The number of hydrogen-bond acceptors (Lipinski definition) is 2. The summed E-state index contributed by atoms with van der Waals surface area (Å²) in [7, 11) is 0. The molecule has 0 unspecified atom stereocenters. The van der Waals surface area contributed by atoms with Crippen molar-refractivity contribution < 1.29 is 9.47 Å². The van der Waals surface area contributed by atoms with E-state index in [-0.39, 0.29) is 0 Å². The van der Waals surface area contributed by atoms with Crippen LogP contribution >= 0.6 is 0 Å². The van der Waals surface area contributed by atoms with Crippen LogP contribution in [0.15, 0.2) is 18.2 Å². The monoisotopic (exact) mass is 178 g/mol. The highest BCUT2D eigenvalue weighted by Gasteiger charge is 2.32. The molecular formula is C11H14O2. The quantitative estimate of drug-likeness (QED) is 0.658. The van der Waals surface area contributed by atoms with Gasteiger partial charge in [0.2, 0.25) is 5.79 Å². The zero-order valence-electron chi connectivity index (χ0n) is 8.26. The van der Waals surface area contributed by atoms with Gasteiger partial charge < -0.3 is 9.47 Å². The summed E-state index contributed by atoms with van der Waals surface area (Å²) in [5.74, 6) is 1.27. The van der Waals surface area contributed by atoms with Crippen LogP contribution in [0.2, 0.25) is 0 Å². The van der Waals surface area contributed by atoms with Crippen molar-refractivity contribution in [3.63, 3.8) is 0 Å². The molecule has 2 heteroatoms. The normalized spacial score (nSPS) is 17.5. The second-order valence-corrected chi connectivity index (χ2v) is 3.70. The van der Waals surface area contributed by atoms with Gasteiger partial charge in [0.15, 0.2) is 11.5 Å². The van der Waals surface area contributed by atoms with Crippen molar-refractivity contribution in [1.29, 1.82) is 0 Å². The van der Waals surface area contributed by atoms with Crippen molar-refractivity contribution in [2.45, 2.75) is 33.0 Å². The smallest absolute Gasteiger partial charge is 0.246 e. The van der Waals surface area contributed by atoms with E-state index in [0.717, 1.165) is 17.9 Å². The fraction of sp³-hybridized carbons (Fsp3) is 0.455. The minimum absolute atomic E-state index is 0.506. The Morgan fingerprint density at radius 3 is 2.69 bits per heavy atom. The van der Waals surface area contributed by atoms with Gasteiger partial charge in [-0.15, -0.1) is 0 Å². The van der Waals surface area contributed by atoms with E-state index in [9.17, 15) is 0 Å². The van der Waals surface area contributed by atoms with E-state index in [2.05, 4.69) is 13.0 Å². The molecule has 0 aliphatic carbocycles. The van der Waals surface area contributed by atoms with Crippen LogP contribution in [0.25, 0.3) is 0 Å². The molecule has 1 aliphatic heterocycles. The van der Waals surface area contributed by atoms with Crippen molar-refractivity contribution in [2.75, 3.05) is 0 Å². The highest BCUT2D eigenvalue weighted by atomic mass is 16.7. The second kappa shape index (κ2) is 2.66. The van der Waals surface area contributed by atoms with Crippen molar-refractivity contribution in [2.24, 2.45) is 0 Å². The lowest BCUT2D eigenvalue weighted by Crippen LogP contribution is -2.29. The summed E-state index contributed by atoms with van der Waals surface area (Å²) in [4.78, 5) is 0. The third-order valence-corrected chi connectivity index (χ3v) is 2.14. The molecule has 0 atom stereocenters. The summed E-state index contributed by atoms with van der Waals surface area (Å²) < 4.78 is 11.3. The second-order valence-electron chi connectivity index (χ2n) is 3.70. The van der Waals surface area contributed by atoms with Gasteiger partial charge in [-0.1, -0.05) is 19.1 Å². The van der Waals surface area contributed by atoms with Crippen LogP contribution in [-0.4, -0.2) is 5.79 Å². The van der Waals surface area contributed by atoms with Crippen LogP contribution in [-0.2, 0) is 6.42 Å². The van der Waals surface area contributed by atoms with Gasteiger partial charge in [-0.2, -0.15) is 0 Å². The highest BCUT2D eigenvalue weighted by Crippen LogP contribution is 2.41. The lowest BCUT2D eigenvalue weighted by atomic mass is 10.1. The Bertz CT molecular complexity index is 329. The number of hydrogen-bond donors (Lipinski definition) is 0. The minimum atomic E-state index is -0.506. The van der Waals surface area contributed by atoms with Gasteiger partial charge in [-0.25, -0.2) is 0 Å². The Balaban J connectivity index is 2.45. The topological polar surface area (TPSA) is 18.5 Å². The van der Waals surface area contributed by atoms with E-state index < -0.39 is 5.79 Å². The molecule has 0 bridgehead atoms. The van der Waals surface area contributed by atoms with Gasteiger partial charge in [-0.05, 0) is 18.1 Å². The Hall–Kier alpha value is -1.18. The summed E-state index contributed by atoms with van der Waals surface area (Å²) >= 11 is 0. The summed E-state index contributed by atoms with van der Waals surface area (Å²) in [6.45, 7) is 5.96. The summed E-state index contributed by atoms with van der Waals surface area (Å²) in [5, 5.41) is 0. The molecule has 1 heterocycles. The number of fused-ring (bicyclic) bond motifs is 1. The third-order valence-electron chi connectivity index (χ3n) is 2.14. The maximum Gasteiger partial charge on any atom is 0.246 e. The molecule has 0 spiro atoms. The van der Waals surface area contributed by atoms with E-state index in [4.69, 9.17) is 9.47 Å². The zero-order valence-corrected chi connectivity index (χ0v) is 8.26. The van der Waals surface area contributed by atoms with Gasteiger partial charge >= 0.3 is 0 Å². The molecule has 1 aromatic carbocycles. The summed E-state index contributed by atoms with van der Waals surface area (Å²) in [5.41, 5.74) is 1.21. The average molecular weight is 178 g/mol. The number of aryl methyl sites for hydroxylation is 1. The van der Waals surface area contributed by atoms with E-state index in [1.165, 1.54) is 5.56 Å². The van der Waals surface area contributed by atoms with Crippen LogP contribution < -0.4 is 9.47 Å². The predicted octanol–water partition coefficient (Wildman–Crippen LogP) is 2.76. The highest BCUT2D eigenvalue weighted by molar-refractivity contribution is 5.49. The molecule has 1 aromatic rings. The van der Waals surface area contributed by atoms with Crippen LogP contribution in [0, 0.1) is 0 Å². The third kappa shape index (κ3) is 1.37. The van der Waals surface area contributed by atoms with Crippen molar-refractivity contribution in [3.05, 3.63) is 23.8 Å². The lowest BCUT2D eigenvalue weighted by molar-refractivity contribution is -0.0434. The van der Waals surface area contributed by atoms with Crippen LogP contribution in [0.3, 0.4) is 0 Å². The lowest BCUT2D eigenvalue weighted by Gasteiger charge is -2.16. The van der Waals surface area contributed by atoms with Crippen LogP contribution in [0.5, 0.6) is 11.5 Å². The molecular weight excluding hydrogens is 164 g/mol. The van der Waals surface area contributed by atoms with Crippen LogP contribution in [0.1, 0.15) is 26.3 Å². The van der Waals surface area contributed by atoms with E-state index in [0.29, 0.717) is 0 Å². The molecule has 13 heavy (non-hydrogen) atoms. The fourth-order valence-corrected chi connectivity index (χ4v) is 1.57. The molecule has 2 nitrogen and oxygen atoms in total. The maximum atomic E-state index is 5.69. The van der Waals surface area contributed by atoms with E-state index >= 15 is 0 Å². The number of para-hydroxylation sites is 1. The number of benzene rings is 1. The summed E-state index contributed by atoms with van der Waals surface area (Å²) in [6.07, 6.45) is 0.975. The largest absolute Gasteiger partial charge is 0.449 e. The van der Waals surface area contributed by atoms with Crippen molar-refractivity contribution in [3.8, 4) is 11.5 Å². The Morgan fingerprint density at radius 1 is 1.23 bits per heavy atom. The van der Waals surface area contributed by atoms with Gasteiger partial charge in [0.25, 0.3) is 0 Å². The molecule has 2 rings (SSSR count). The fourth-order valence-electron chi connectivity index (χ4n) is 1.57. The molecule has 0 amide bonds. The minimum Gasteiger partial charge on any atom is -0.449 e. The maximum absolute atomic E-state index is 5.69. The van der Waals surface area contributed by atoms with E-state index in [1.54, 1.807) is 0 Å². The van der Waals surface area contributed by atoms with Gasteiger partial charge in [-0.3, -0.25) is 0 Å². The van der Waals surface area contributed by atoms with Crippen molar-refractivity contribution in [1.82, 2.24) is 0 Å². The molecule has 0 radical (unpaired) electrons. The SMILES string of the molecule is CCc1cccc2c1OC(C)(C)O2. The average Bonchev–Trinajstić information content (AvgIpc) is 2.37. The molecule has 0 N–H and O–H groups in total. The molecule has 1 aliphatic rings. The van der Waals surface area contributed by atoms with E-state index in [1.807, 2.05) is 26.0 Å². The van der Waals surface area contributed by atoms with Gasteiger partial charge in [0.1, 0.15) is 0 Å². The first-order valence-corrected chi connectivity index (χ1v) is 4.62. The first kappa shape index (κ1) is 8.42. The number of ether oxygens (including phenoxy) is 2. The zero-order chi connectivity index (χ0) is 9.47. The molecule has 0 saturated heterocycles. The Kier molecular flexibility index (Phi) is 1.72. The van der Waals surface area contributed by atoms with Crippen molar-refractivity contribution >= 4 is 0 Å². The van der Waals surface area contributed by atoms with Crippen LogP contribution in [0.4, 0.5) is 0 Å². The van der Waals surface area contributed by atoms with Gasteiger partial charge in [0, 0.05) is 13.8 Å². The molecule has 0 fully saturated rings. The molecule has 70 valence electrons. The molecule has 0 saturated carbocycles. The molecule has 0 aromatic heterocycles. The van der Waals surface area contributed by atoms with Gasteiger partial charge in [0.05, 0.1) is 0 Å². The summed E-state index contributed by atoms with van der Waals surface area (Å²) in [6, 6.07) is 6.02. The number of rotatable bonds is 1. The first-order valence-electron chi connectivity index (χ1n) is 4.62. The Morgan fingerprint density at radius 2 is 2.00 bits per heavy atom.